The minimum atomic E-state index is -1.61. The van der Waals surface area contributed by atoms with Crippen LogP contribution in [0.25, 0.3) is 0 Å². The van der Waals surface area contributed by atoms with Gasteiger partial charge in [0, 0.05) is 12.5 Å². The van der Waals surface area contributed by atoms with Crippen LogP contribution in [0.3, 0.4) is 0 Å². The van der Waals surface area contributed by atoms with Gasteiger partial charge >= 0.3 is 5.97 Å². The molecule has 7 heteroatoms. The van der Waals surface area contributed by atoms with Crippen molar-refractivity contribution in [3.8, 4) is 0 Å². The maximum Gasteiger partial charge on any atom is 0.331 e. The van der Waals surface area contributed by atoms with E-state index in [1.807, 2.05) is 5.32 Å². The zero-order chi connectivity index (χ0) is 13.2. The molecule has 0 aliphatic heterocycles. The molecule has 1 aromatic carbocycles. The third-order valence-electron chi connectivity index (χ3n) is 1.97. The van der Waals surface area contributed by atoms with Crippen molar-refractivity contribution in [2.45, 2.75) is 13.0 Å². The topological polar surface area (TPSA) is 66.4 Å². The number of carboxylic acid groups (broad SMARTS) is 1. The lowest BCUT2D eigenvalue weighted by molar-refractivity contribution is -0.141. The quantitative estimate of drug-likeness (QED) is 0.819. The highest BCUT2D eigenvalue weighted by molar-refractivity contribution is 6.31. The third kappa shape index (κ3) is 2.91. The van der Waals surface area contributed by atoms with Crippen molar-refractivity contribution in [2.75, 3.05) is 0 Å². The van der Waals surface area contributed by atoms with E-state index >= 15 is 0 Å². The Morgan fingerprint density at radius 2 is 2.00 bits per heavy atom. The number of nitrogens with one attached hydrogen (secondary N) is 1. The minimum absolute atomic E-state index is 0.404. The van der Waals surface area contributed by atoms with E-state index in [0.717, 1.165) is 19.1 Å². The van der Waals surface area contributed by atoms with Crippen LogP contribution in [0.1, 0.15) is 18.5 Å². The summed E-state index contributed by atoms with van der Waals surface area (Å²) in [5, 5.41) is 10.1. The summed E-state index contributed by atoms with van der Waals surface area (Å²) in [6.07, 6.45) is 0. The van der Waals surface area contributed by atoms with E-state index in [1.54, 1.807) is 0 Å². The first-order valence-corrected chi connectivity index (χ1v) is 4.85. The Kier molecular flexibility index (Phi) is 4.01. The predicted octanol–water partition coefficient (Wildman–Crippen LogP) is 1.88. The van der Waals surface area contributed by atoms with Gasteiger partial charge in [0.2, 0.25) is 5.91 Å². The van der Waals surface area contributed by atoms with Gasteiger partial charge in [0.05, 0.1) is 0 Å². The van der Waals surface area contributed by atoms with Crippen molar-refractivity contribution in [3.05, 3.63) is 34.4 Å². The first-order valence-electron chi connectivity index (χ1n) is 4.48. The van der Waals surface area contributed by atoms with Gasteiger partial charge in [-0.05, 0) is 6.07 Å². The maximum absolute atomic E-state index is 13.5. The molecule has 0 radical (unpaired) electrons. The summed E-state index contributed by atoms with van der Waals surface area (Å²) >= 11 is 5.31. The maximum atomic E-state index is 13.5. The van der Waals surface area contributed by atoms with Crippen LogP contribution in [0.4, 0.5) is 8.78 Å². The van der Waals surface area contributed by atoms with Gasteiger partial charge in [-0.2, -0.15) is 0 Å². The highest BCUT2D eigenvalue weighted by Crippen LogP contribution is 2.26. The SMILES string of the molecule is CC(=O)NC(C(=O)O)c1ccc(F)c(Cl)c1F. The third-order valence-corrected chi connectivity index (χ3v) is 2.32. The molecule has 0 aliphatic rings. The molecule has 17 heavy (non-hydrogen) atoms. The molecule has 0 saturated carbocycles. The van der Waals surface area contributed by atoms with E-state index in [4.69, 9.17) is 16.7 Å². The second kappa shape index (κ2) is 5.09. The summed E-state index contributed by atoms with van der Waals surface area (Å²) in [5.41, 5.74) is -0.404. The van der Waals surface area contributed by atoms with Crippen LogP contribution in [0.15, 0.2) is 12.1 Å². The lowest BCUT2D eigenvalue weighted by atomic mass is 10.1. The molecule has 1 unspecified atom stereocenters. The Morgan fingerprint density at radius 3 is 2.47 bits per heavy atom. The van der Waals surface area contributed by atoms with Crippen LogP contribution in [0.2, 0.25) is 5.02 Å². The van der Waals surface area contributed by atoms with Gasteiger partial charge in [-0.1, -0.05) is 17.7 Å². The lowest BCUT2D eigenvalue weighted by Gasteiger charge is -2.15. The van der Waals surface area contributed by atoms with Gasteiger partial charge in [-0.25, -0.2) is 13.6 Å². The number of carbonyl (C=O) groups is 2. The van der Waals surface area contributed by atoms with E-state index < -0.39 is 40.1 Å². The Labute approximate surface area is 100 Å². The van der Waals surface area contributed by atoms with Crippen molar-refractivity contribution in [3.63, 3.8) is 0 Å². The predicted molar refractivity (Wildman–Crippen MR) is 55.6 cm³/mol. The average Bonchev–Trinajstić information content (AvgIpc) is 2.23. The molecule has 0 aromatic heterocycles. The van der Waals surface area contributed by atoms with Gasteiger partial charge in [0.1, 0.15) is 10.8 Å². The Balaban J connectivity index is 3.24. The molecule has 0 spiro atoms. The summed E-state index contributed by atoms with van der Waals surface area (Å²) in [6, 6.07) is 0.148. The Bertz CT molecular complexity index is 479. The molecule has 4 nitrogen and oxygen atoms in total. The second-order valence-corrected chi connectivity index (χ2v) is 3.61. The fraction of sp³-hybridized carbons (Fsp3) is 0.200. The number of benzene rings is 1. The number of amides is 1. The normalized spacial score (nSPS) is 12.0. The minimum Gasteiger partial charge on any atom is -0.479 e. The summed E-state index contributed by atoms with van der Waals surface area (Å²) < 4.78 is 26.4. The van der Waals surface area contributed by atoms with E-state index in [0.29, 0.717) is 0 Å². The molecular formula is C10H8ClF2NO3. The second-order valence-electron chi connectivity index (χ2n) is 3.24. The van der Waals surface area contributed by atoms with Crippen molar-refractivity contribution in [1.82, 2.24) is 5.32 Å². The molecule has 2 N–H and O–H groups in total. The van der Waals surface area contributed by atoms with Gasteiger partial charge in [-0.15, -0.1) is 0 Å². The standard InChI is InChI=1S/C10H8ClF2NO3/c1-4(15)14-9(10(16)17)5-2-3-6(12)7(11)8(5)13/h2-3,9H,1H3,(H,14,15)(H,16,17). The molecule has 1 atom stereocenters. The van der Waals surface area contributed by atoms with Gasteiger partial charge in [0.15, 0.2) is 11.9 Å². The number of halogens is 3. The van der Waals surface area contributed by atoms with Gasteiger partial charge < -0.3 is 10.4 Å². The van der Waals surface area contributed by atoms with Crippen LogP contribution >= 0.6 is 11.6 Å². The van der Waals surface area contributed by atoms with Crippen molar-refractivity contribution in [2.24, 2.45) is 0 Å². The van der Waals surface area contributed by atoms with Gasteiger partial charge in [0.25, 0.3) is 0 Å². The van der Waals surface area contributed by atoms with E-state index in [-0.39, 0.29) is 0 Å². The molecule has 0 fully saturated rings. The number of hydrogen-bond donors (Lipinski definition) is 2. The summed E-state index contributed by atoms with van der Waals surface area (Å²) in [5.74, 6) is -4.33. The van der Waals surface area contributed by atoms with E-state index in [2.05, 4.69) is 0 Å². The molecule has 0 heterocycles. The summed E-state index contributed by atoms with van der Waals surface area (Å²) in [6.45, 7) is 1.08. The molecule has 0 bridgehead atoms. The largest absolute Gasteiger partial charge is 0.479 e. The smallest absolute Gasteiger partial charge is 0.331 e. The summed E-state index contributed by atoms with van der Waals surface area (Å²) in [4.78, 5) is 21.7. The highest BCUT2D eigenvalue weighted by Gasteiger charge is 2.26. The first kappa shape index (κ1) is 13.4. The molecule has 1 rings (SSSR count). The molecule has 1 aromatic rings. The van der Waals surface area contributed by atoms with Crippen LogP contribution in [-0.4, -0.2) is 17.0 Å². The van der Waals surface area contributed by atoms with Gasteiger partial charge in [-0.3, -0.25) is 4.79 Å². The molecule has 0 aliphatic carbocycles. The zero-order valence-electron chi connectivity index (χ0n) is 8.63. The molecule has 0 saturated heterocycles. The molecule has 92 valence electrons. The summed E-state index contributed by atoms with van der Waals surface area (Å²) in [7, 11) is 0. The first-order chi connectivity index (χ1) is 7.84. The number of rotatable bonds is 3. The van der Waals surface area contributed by atoms with Crippen molar-refractivity contribution < 1.29 is 23.5 Å². The zero-order valence-corrected chi connectivity index (χ0v) is 9.39. The van der Waals surface area contributed by atoms with E-state index in [9.17, 15) is 18.4 Å². The van der Waals surface area contributed by atoms with Crippen LogP contribution in [0.5, 0.6) is 0 Å². The van der Waals surface area contributed by atoms with Crippen LogP contribution in [-0.2, 0) is 9.59 Å². The number of aliphatic carboxylic acids is 1. The lowest BCUT2D eigenvalue weighted by Crippen LogP contribution is -2.32. The number of hydrogen-bond acceptors (Lipinski definition) is 2. The number of carbonyl (C=O) groups excluding carboxylic acids is 1. The van der Waals surface area contributed by atoms with Crippen LogP contribution < -0.4 is 5.32 Å². The van der Waals surface area contributed by atoms with Crippen LogP contribution in [0, 0.1) is 11.6 Å². The number of carboxylic acids is 1. The Hall–Kier alpha value is -1.69. The highest BCUT2D eigenvalue weighted by atomic mass is 35.5. The fourth-order valence-corrected chi connectivity index (χ4v) is 1.41. The van der Waals surface area contributed by atoms with Crippen molar-refractivity contribution >= 4 is 23.5 Å². The molecular weight excluding hydrogens is 256 g/mol. The Morgan fingerprint density at radius 1 is 1.41 bits per heavy atom. The van der Waals surface area contributed by atoms with Crippen molar-refractivity contribution in [1.29, 1.82) is 0 Å². The van der Waals surface area contributed by atoms with E-state index in [1.165, 1.54) is 0 Å². The average molecular weight is 264 g/mol. The monoisotopic (exact) mass is 263 g/mol. The molecule has 1 amide bonds. The fourth-order valence-electron chi connectivity index (χ4n) is 1.24.